The highest BCUT2D eigenvalue weighted by molar-refractivity contribution is 6.32. The molecule has 1 aliphatic rings. The first-order valence-electron chi connectivity index (χ1n) is 11.0. The molecular formula is C24H24ClN5O5. The van der Waals surface area contributed by atoms with Crippen LogP contribution in [0.1, 0.15) is 23.3 Å². The molecule has 10 nitrogen and oxygen atoms in total. The molecule has 0 spiro atoms. The smallest absolute Gasteiger partial charge is 0.279 e. The quantitative estimate of drug-likeness (QED) is 0.529. The summed E-state index contributed by atoms with van der Waals surface area (Å²) in [5.74, 6) is -1.05. The van der Waals surface area contributed by atoms with Gasteiger partial charge in [0.25, 0.3) is 11.5 Å². The van der Waals surface area contributed by atoms with Crippen molar-refractivity contribution in [2.24, 2.45) is 11.7 Å². The summed E-state index contributed by atoms with van der Waals surface area (Å²) >= 11 is 6.22. The van der Waals surface area contributed by atoms with E-state index in [1.165, 1.54) is 13.2 Å². The number of aromatic nitrogens is 2. The van der Waals surface area contributed by atoms with Gasteiger partial charge in [-0.15, -0.1) is 0 Å². The Morgan fingerprint density at radius 3 is 2.46 bits per heavy atom. The van der Waals surface area contributed by atoms with Crippen molar-refractivity contribution >= 4 is 40.1 Å². The standard InChI is InChI=1S/C24H24ClN5O5/c1-35-19-7-6-15(12-18(19)25)30-24(34)17-5-3-2-4-16(17)21(28-30)23(33)27-13-20(31)29-10-8-14(9-11-29)22(26)32/h2-7,12,14H,8-11,13H2,1H3,(H2,26,32)(H,27,33). The second-order valence-corrected chi connectivity index (χ2v) is 8.58. The lowest BCUT2D eigenvalue weighted by molar-refractivity contribution is -0.133. The van der Waals surface area contributed by atoms with E-state index in [0.717, 1.165) is 4.68 Å². The molecule has 1 fully saturated rings. The maximum atomic E-state index is 13.1. The average molecular weight is 498 g/mol. The molecule has 0 bridgehead atoms. The number of primary amides is 1. The Morgan fingerprint density at radius 1 is 1.14 bits per heavy atom. The highest BCUT2D eigenvalue weighted by atomic mass is 35.5. The maximum Gasteiger partial charge on any atom is 0.279 e. The van der Waals surface area contributed by atoms with Crippen molar-refractivity contribution in [3.63, 3.8) is 0 Å². The SMILES string of the molecule is COc1ccc(-n2nc(C(=O)NCC(=O)N3CCC(C(N)=O)CC3)c3ccccc3c2=O)cc1Cl. The Labute approximate surface area is 205 Å². The summed E-state index contributed by atoms with van der Waals surface area (Å²) in [6.07, 6.45) is 0.993. The van der Waals surface area contributed by atoms with Crippen LogP contribution in [0.4, 0.5) is 0 Å². The number of carbonyl (C=O) groups excluding carboxylic acids is 3. The van der Waals surface area contributed by atoms with Crippen molar-refractivity contribution in [2.75, 3.05) is 26.7 Å². The average Bonchev–Trinajstić information content (AvgIpc) is 2.87. The summed E-state index contributed by atoms with van der Waals surface area (Å²) in [7, 11) is 1.48. The Kier molecular flexibility index (Phi) is 7.02. The molecule has 35 heavy (non-hydrogen) atoms. The predicted octanol–water partition coefficient (Wildman–Crippen LogP) is 1.50. The number of ether oxygens (including phenoxy) is 1. The second kappa shape index (κ2) is 10.1. The van der Waals surface area contributed by atoms with Crippen LogP contribution in [-0.2, 0) is 9.59 Å². The van der Waals surface area contributed by atoms with Gasteiger partial charge in [0.05, 0.1) is 29.8 Å². The normalized spacial score (nSPS) is 14.1. The van der Waals surface area contributed by atoms with Crippen LogP contribution in [-0.4, -0.2) is 59.1 Å². The summed E-state index contributed by atoms with van der Waals surface area (Å²) in [5, 5.41) is 7.84. The number of amides is 3. The minimum absolute atomic E-state index is 0.00706. The van der Waals surface area contributed by atoms with E-state index < -0.39 is 11.5 Å². The van der Waals surface area contributed by atoms with E-state index in [9.17, 15) is 19.2 Å². The van der Waals surface area contributed by atoms with Crippen LogP contribution in [0.5, 0.6) is 5.75 Å². The number of nitrogens with zero attached hydrogens (tertiary/aromatic N) is 3. The molecule has 3 N–H and O–H groups in total. The maximum absolute atomic E-state index is 13.1. The number of hydrogen-bond acceptors (Lipinski definition) is 6. The van der Waals surface area contributed by atoms with Crippen LogP contribution >= 0.6 is 11.6 Å². The molecule has 2 heterocycles. The third kappa shape index (κ3) is 4.97. The lowest BCUT2D eigenvalue weighted by Crippen LogP contribution is -2.46. The van der Waals surface area contributed by atoms with Crippen LogP contribution in [0.15, 0.2) is 47.3 Å². The Hall–Kier alpha value is -3.92. The van der Waals surface area contributed by atoms with Gasteiger partial charge in [-0.05, 0) is 37.1 Å². The summed E-state index contributed by atoms with van der Waals surface area (Å²) in [5.41, 5.74) is 5.26. The van der Waals surface area contributed by atoms with Crippen molar-refractivity contribution < 1.29 is 19.1 Å². The minimum atomic E-state index is -0.602. The lowest BCUT2D eigenvalue weighted by atomic mass is 9.96. The molecule has 3 aromatic rings. The molecule has 1 aliphatic heterocycles. The zero-order chi connectivity index (χ0) is 25.1. The van der Waals surface area contributed by atoms with Crippen molar-refractivity contribution in [1.29, 1.82) is 0 Å². The number of benzene rings is 2. The van der Waals surface area contributed by atoms with Gasteiger partial charge in [0, 0.05) is 24.4 Å². The van der Waals surface area contributed by atoms with Crippen molar-refractivity contribution in [2.45, 2.75) is 12.8 Å². The number of carbonyl (C=O) groups is 3. The fourth-order valence-electron chi connectivity index (χ4n) is 4.08. The van der Waals surface area contributed by atoms with E-state index in [1.807, 2.05) is 0 Å². The van der Waals surface area contributed by atoms with Crippen LogP contribution in [0.25, 0.3) is 16.5 Å². The number of likely N-dealkylation sites (tertiary alicyclic amines) is 1. The van der Waals surface area contributed by atoms with Gasteiger partial charge in [0.15, 0.2) is 5.69 Å². The highest BCUT2D eigenvalue weighted by Crippen LogP contribution is 2.26. The molecule has 0 atom stereocenters. The first-order valence-corrected chi connectivity index (χ1v) is 11.4. The third-order valence-corrected chi connectivity index (χ3v) is 6.35. The van der Waals surface area contributed by atoms with E-state index in [-0.39, 0.29) is 35.0 Å². The summed E-state index contributed by atoms with van der Waals surface area (Å²) < 4.78 is 6.25. The zero-order valence-corrected chi connectivity index (χ0v) is 19.7. The second-order valence-electron chi connectivity index (χ2n) is 8.17. The molecule has 0 saturated carbocycles. The Balaban J connectivity index is 1.59. The molecule has 0 aliphatic carbocycles. The summed E-state index contributed by atoms with van der Waals surface area (Å²) in [4.78, 5) is 51.7. The largest absolute Gasteiger partial charge is 0.495 e. The first kappa shape index (κ1) is 24.2. The van der Waals surface area contributed by atoms with Gasteiger partial charge in [-0.1, -0.05) is 29.8 Å². The number of piperidine rings is 1. The minimum Gasteiger partial charge on any atom is -0.495 e. The molecule has 0 radical (unpaired) electrons. The Bertz CT molecular complexity index is 1360. The number of nitrogens with one attached hydrogen (secondary N) is 1. The molecule has 11 heteroatoms. The van der Waals surface area contributed by atoms with Gasteiger partial charge in [0.2, 0.25) is 11.8 Å². The fourth-order valence-corrected chi connectivity index (χ4v) is 4.34. The molecule has 2 aromatic carbocycles. The van der Waals surface area contributed by atoms with Gasteiger partial charge in [0.1, 0.15) is 5.75 Å². The number of halogens is 1. The number of rotatable bonds is 6. The van der Waals surface area contributed by atoms with E-state index in [2.05, 4.69) is 10.4 Å². The highest BCUT2D eigenvalue weighted by Gasteiger charge is 2.26. The zero-order valence-electron chi connectivity index (χ0n) is 19.0. The van der Waals surface area contributed by atoms with Crippen LogP contribution in [0.2, 0.25) is 5.02 Å². The number of fused-ring (bicyclic) bond motifs is 1. The van der Waals surface area contributed by atoms with Crippen LogP contribution < -0.4 is 21.3 Å². The predicted molar refractivity (Wildman–Crippen MR) is 130 cm³/mol. The van der Waals surface area contributed by atoms with E-state index in [1.54, 1.807) is 41.3 Å². The number of methoxy groups -OCH3 is 1. The molecule has 3 amide bonds. The Morgan fingerprint density at radius 2 is 1.83 bits per heavy atom. The molecular weight excluding hydrogens is 474 g/mol. The van der Waals surface area contributed by atoms with Crippen molar-refractivity contribution in [3.05, 3.63) is 63.5 Å². The van der Waals surface area contributed by atoms with Gasteiger partial charge in [-0.3, -0.25) is 19.2 Å². The molecule has 1 saturated heterocycles. The van der Waals surface area contributed by atoms with E-state index in [4.69, 9.17) is 22.1 Å². The number of nitrogens with two attached hydrogens (primary N) is 1. The molecule has 0 unspecified atom stereocenters. The topological polar surface area (TPSA) is 137 Å². The van der Waals surface area contributed by atoms with E-state index >= 15 is 0 Å². The van der Waals surface area contributed by atoms with Gasteiger partial charge in [-0.25, -0.2) is 0 Å². The monoisotopic (exact) mass is 497 g/mol. The van der Waals surface area contributed by atoms with Gasteiger partial charge >= 0.3 is 0 Å². The summed E-state index contributed by atoms with van der Waals surface area (Å²) in [6, 6.07) is 11.3. The van der Waals surface area contributed by atoms with Gasteiger partial charge in [-0.2, -0.15) is 9.78 Å². The van der Waals surface area contributed by atoms with E-state index in [0.29, 0.717) is 48.1 Å². The summed E-state index contributed by atoms with van der Waals surface area (Å²) in [6.45, 7) is 0.544. The number of hydrogen-bond donors (Lipinski definition) is 2. The lowest BCUT2D eigenvalue weighted by Gasteiger charge is -2.30. The van der Waals surface area contributed by atoms with Crippen LogP contribution in [0, 0.1) is 5.92 Å². The fraction of sp³-hybridized carbons (Fsp3) is 0.292. The first-order chi connectivity index (χ1) is 16.8. The van der Waals surface area contributed by atoms with Crippen molar-refractivity contribution in [3.8, 4) is 11.4 Å². The molecule has 4 rings (SSSR count). The molecule has 182 valence electrons. The van der Waals surface area contributed by atoms with Crippen LogP contribution in [0.3, 0.4) is 0 Å². The van der Waals surface area contributed by atoms with Gasteiger partial charge < -0.3 is 20.7 Å². The molecule has 1 aromatic heterocycles. The third-order valence-electron chi connectivity index (χ3n) is 6.05. The van der Waals surface area contributed by atoms with Crippen molar-refractivity contribution in [1.82, 2.24) is 20.0 Å².